The van der Waals surface area contributed by atoms with Gasteiger partial charge in [0.2, 0.25) is 0 Å². The normalized spacial score (nSPS) is 17.4. The lowest BCUT2D eigenvalue weighted by atomic mass is 9.82. The molecular formula is C16H15BrO. The van der Waals surface area contributed by atoms with Crippen molar-refractivity contribution in [1.82, 2.24) is 0 Å². The molecule has 2 aromatic carbocycles. The Morgan fingerprint density at radius 3 is 1.56 bits per heavy atom. The Bertz CT molecular complexity index is 492. The number of halogens is 1. The number of benzene rings is 2. The van der Waals surface area contributed by atoms with E-state index in [1.54, 1.807) is 0 Å². The van der Waals surface area contributed by atoms with Gasteiger partial charge in [0, 0.05) is 0 Å². The van der Waals surface area contributed by atoms with Gasteiger partial charge in [-0.1, -0.05) is 76.6 Å². The third kappa shape index (κ3) is 1.72. The third-order valence-corrected chi connectivity index (χ3v) is 5.09. The fraction of sp³-hybridized carbons (Fsp3) is 0.250. The van der Waals surface area contributed by atoms with Crippen LogP contribution in [0.15, 0.2) is 60.7 Å². The van der Waals surface area contributed by atoms with Crippen molar-refractivity contribution in [3.8, 4) is 0 Å². The van der Waals surface area contributed by atoms with Gasteiger partial charge in [0.25, 0.3) is 0 Å². The molecule has 0 amide bonds. The van der Waals surface area contributed by atoms with Crippen LogP contribution in [0.5, 0.6) is 0 Å². The number of rotatable bonds is 3. The van der Waals surface area contributed by atoms with Gasteiger partial charge in [0.15, 0.2) is 0 Å². The molecule has 0 saturated heterocycles. The van der Waals surface area contributed by atoms with E-state index in [4.69, 9.17) is 0 Å². The van der Waals surface area contributed by atoms with E-state index in [-0.39, 0.29) is 4.32 Å². The predicted octanol–water partition coefficient (Wildman–Crippen LogP) is 3.85. The highest BCUT2D eigenvalue weighted by Gasteiger charge is 2.58. The zero-order valence-corrected chi connectivity index (χ0v) is 11.6. The Morgan fingerprint density at radius 1 is 0.833 bits per heavy atom. The molecule has 1 aliphatic rings. The zero-order valence-electron chi connectivity index (χ0n) is 10.0. The first-order valence-electron chi connectivity index (χ1n) is 6.19. The maximum Gasteiger partial charge on any atom is 0.130 e. The molecule has 1 nitrogen and oxygen atoms in total. The highest BCUT2D eigenvalue weighted by atomic mass is 79.9. The van der Waals surface area contributed by atoms with Crippen LogP contribution in [0.1, 0.15) is 24.0 Å². The first-order valence-corrected chi connectivity index (χ1v) is 6.98. The van der Waals surface area contributed by atoms with Crippen molar-refractivity contribution < 1.29 is 5.11 Å². The molecule has 92 valence electrons. The summed E-state index contributed by atoms with van der Waals surface area (Å²) in [6.07, 6.45) is 1.99. The summed E-state index contributed by atoms with van der Waals surface area (Å²) in [5.74, 6) is 0. The maximum absolute atomic E-state index is 11.3. The van der Waals surface area contributed by atoms with Crippen molar-refractivity contribution in [3.05, 3.63) is 71.8 Å². The molecule has 0 unspecified atom stereocenters. The summed E-state index contributed by atoms with van der Waals surface area (Å²) in [6, 6.07) is 19.8. The summed E-state index contributed by atoms with van der Waals surface area (Å²) in [5, 5.41) is 11.3. The minimum atomic E-state index is -0.949. The number of aliphatic hydroxyl groups is 1. The van der Waals surface area contributed by atoms with Gasteiger partial charge in [-0.3, -0.25) is 0 Å². The van der Waals surface area contributed by atoms with Gasteiger partial charge in [0.1, 0.15) is 5.60 Å². The maximum atomic E-state index is 11.3. The van der Waals surface area contributed by atoms with Gasteiger partial charge in [-0.15, -0.1) is 0 Å². The van der Waals surface area contributed by atoms with Crippen molar-refractivity contribution in [3.63, 3.8) is 0 Å². The van der Waals surface area contributed by atoms with Crippen molar-refractivity contribution in [2.75, 3.05) is 0 Å². The lowest BCUT2D eigenvalue weighted by Crippen LogP contribution is -2.38. The topological polar surface area (TPSA) is 20.2 Å². The van der Waals surface area contributed by atoms with Crippen LogP contribution in [0.25, 0.3) is 0 Å². The van der Waals surface area contributed by atoms with Crippen LogP contribution in [-0.4, -0.2) is 9.43 Å². The van der Waals surface area contributed by atoms with Crippen molar-refractivity contribution in [2.45, 2.75) is 22.8 Å². The van der Waals surface area contributed by atoms with Gasteiger partial charge < -0.3 is 5.11 Å². The van der Waals surface area contributed by atoms with E-state index in [1.807, 2.05) is 60.7 Å². The number of alkyl halides is 1. The Kier molecular flexibility index (Phi) is 2.80. The quantitative estimate of drug-likeness (QED) is 0.854. The second-order valence-corrected chi connectivity index (χ2v) is 6.43. The third-order valence-electron chi connectivity index (χ3n) is 3.72. The summed E-state index contributed by atoms with van der Waals surface area (Å²) in [4.78, 5) is 0. The van der Waals surface area contributed by atoms with E-state index in [0.29, 0.717) is 0 Å². The van der Waals surface area contributed by atoms with E-state index < -0.39 is 5.60 Å². The second kappa shape index (κ2) is 4.22. The molecule has 0 atom stereocenters. The molecule has 0 spiro atoms. The molecule has 18 heavy (non-hydrogen) atoms. The Balaban J connectivity index is 2.17. The fourth-order valence-corrected chi connectivity index (χ4v) is 3.17. The van der Waals surface area contributed by atoms with Crippen LogP contribution >= 0.6 is 15.9 Å². The lowest BCUT2D eigenvalue weighted by molar-refractivity contribution is 0.0722. The summed E-state index contributed by atoms with van der Waals surface area (Å²) in [6.45, 7) is 0. The minimum absolute atomic E-state index is 0.220. The minimum Gasteiger partial charge on any atom is -0.379 e. The Labute approximate surface area is 116 Å². The van der Waals surface area contributed by atoms with Crippen molar-refractivity contribution in [1.29, 1.82) is 0 Å². The molecule has 0 heterocycles. The molecule has 1 saturated carbocycles. The molecule has 1 fully saturated rings. The molecule has 0 radical (unpaired) electrons. The monoisotopic (exact) mass is 302 g/mol. The molecule has 1 aliphatic carbocycles. The predicted molar refractivity (Wildman–Crippen MR) is 76.8 cm³/mol. The van der Waals surface area contributed by atoms with Gasteiger partial charge in [0.05, 0.1) is 4.32 Å². The van der Waals surface area contributed by atoms with E-state index in [2.05, 4.69) is 15.9 Å². The molecular weight excluding hydrogens is 288 g/mol. The van der Waals surface area contributed by atoms with Gasteiger partial charge in [-0.05, 0) is 24.0 Å². The highest BCUT2D eigenvalue weighted by molar-refractivity contribution is 9.10. The SMILES string of the molecule is OC(c1ccccc1)(c1ccccc1)C1(Br)CC1. The van der Waals surface area contributed by atoms with Gasteiger partial charge >= 0.3 is 0 Å². The van der Waals surface area contributed by atoms with E-state index >= 15 is 0 Å². The number of hydrogen-bond donors (Lipinski definition) is 1. The van der Waals surface area contributed by atoms with Crippen LogP contribution in [0, 0.1) is 0 Å². The zero-order chi connectivity index (χ0) is 12.6. The van der Waals surface area contributed by atoms with E-state index in [9.17, 15) is 5.11 Å². The average Bonchev–Trinajstić information content (AvgIpc) is 3.19. The Hall–Kier alpha value is -1.12. The van der Waals surface area contributed by atoms with Crippen molar-refractivity contribution >= 4 is 15.9 Å². The van der Waals surface area contributed by atoms with E-state index in [1.165, 1.54) is 0 Å². The average molecular weight is 303 g/mol. The summed E-state index contributed by atoms with van der Waals surface area (Å²) >= 11 is 3.74. The van der Waals surface area contributed by atoms with E-state index in [0.717, 1.165) is 24.0 Å². The molecule has 1 N–H and O–H groups in total. The van der Waals surface area contributed by atoms with Crippen LogP contribution < -0.4 is 0 Å². The molecule has 0 aliphatic heterocycles. The second-order valence-electron chi connectivity index (χ2n) is 4.91. The first kappa shape index (κ1) is 11.9. The summed E-state index contributed by atoms with van der Waals surface area (Å²) in [7, 11) is 0. The molecule has 2 aromatic rings. The van der Waals surface area contributed by atoms with Crippen LogP contribution in [0.3, 0.4) is 0 Å². The van der Waals surface area contributed by atoms with Crippen molar-refractivity contribution in [2.24, 2.45) is 0 Å². The lowest BCUT2D eigenvalue weighted by Gasteiger charge is -2.34. The largest absolute Gasteiger partial charge is 0.379 e. The van der Waals surface area contributed by atoms with Crippen LogP contribution in [0.4, 0.5) is 0 Å². The fourth-order valence-electron chi connectivity index (χ4n) is 2.51. The van der Waals surface area contributed by atoms with Crippen LogP contribution in [-0.2, 0) is 5.60 Å². The van der Waals surface area contributed by atoms with Gasteiger partial charge in [-0.25, -0.2) is 0 Å². The number of hydrogen-bond acceptors (Lipinski definition) is 1. The molecule has 2 heteroatoms. The smallest absolute Gasteiger partial charge is 0.130 e. The first-order chi connectivity index (χ1) is 8.67. The molecule has 0 bridgehead atoms. The van der Waals surface area contributed by atoms with Gasteiger partial charge in [-0.2, -0.15) is 0 Å². The van der Waals surface area contributed by atoms with Crippen LogP contribution in [0.2, 0.25) is 0 Å². The summed E-state index contributed by atoms with van der Waals surface area (Å²) in [5.41, 5.74) is 0.950. The Morgan fingerprint density at radius 2 is 1.22 bits per heavy atom. The standard InChI is InChI=1S/C16H15BrO/c17-15(11-12-15)16(18,13-7-3-1-4-8-13)14-9-5-2-6-10-14/h1-10,18H,11-12H2. The highest BCUT2D eigenvalue weighted by Crippen LogP contribution is 2.59. The molecule has 0 aromatic heterocycles. The molecule has 3 rings (SSSR count). The summed E-state index contributed by atoms with van der Waals surface area (Å²) < 4.78 is -0.220.